The van der Waals surface area contributed by atoms with E-state index in [2.05, 4.69) is 10.4 Å². The molecule has 3 N–H and O–H groups in total. The SMILES string of the molecule is Cc1cc(Oc2cccc(Cl)c2)ncc1NN. The molecule has 0 bridgehead atoms. The predicted octanol–water partition coefficient (Wildman–Crippen LogP) is 3.12. The Labute approximate surface area is 104 Å². The Morgan fingerprint density at radius 2 is 2.18 bits per heavy atom. The molecule has 0 atom stereocenters. The molecule has 88 valence electrons. The van der Waals surface area contributed by atoms with Gasteiger partial charge in [-0.3, -0.25) is 5.84 Å². The molecule has 1 aromatic heterocycles. The smallest absolute Gasteiger partial charge is 0.219 e. The molecule has 1 heterocycles. The van der Waals surface area contributed by atoms with E-state index in [0.717, 1.165) is 11.3 Å². The molecule has 4 nitrogen and oxygen atoms in total. The number of aryl methyl sites for hydroxylation is 1. The fourth-order valence-electron chi connectivity index (χ4n) is 1.39. The number of hydrogen-bond donors (Lipinski definition) is 2. The van der Waals surface area contributed by atoms with Crippen LogP contribution in [-0.2, 0) is 0 Å². The van der Waals surface area contributed by atoms with Crippen LogP contribution < -0.4 is 16.0 Å². The van der Waals surface area contributed by atoms with Crippen LogP contribution in [0, 0.1) is 6.92 Å². The molecule has 0 aliphatic carbocycles. The van der Waals surface area contributed by atoms with E-state index in [-0.39, 0.29) is 0 Å². The second-order valence-corrected chi connectivity index (χ2v) is 3.98. The Morgan fingerprint density at radius 3 is 2.82 bits per heavy atom. The lowest BCUT2D eigenvalue weighted by Gasteiger charge is -2.08. The second-order valence-electron chi connectivity index (χ2n) is 3.54. The van der Waals surface area contributed by atoms with Crippen molar-refractivity contribution >= 4 is 17.3 Å². The number of anilines is 1. The summed E-state index contributed by atoms with van der Waals surface area (Å²) in [6.45, 7) is 1.92. The first-order valence-corrected chi connectivity index (χ1v) is 5.43. The molecule has 1 aromatic carbocycles. The quantitative estimate of drug-likeness (QED) is 0.648. The molecule has 0 saturated carbocycles. The van der Waals surface area contributed by atoms with E-state index >= 15 is 0 Å². The van der Waals surface area contributed by atoms with Crippen LogP contribution in [0.25, 0.3) is 0 Å². The van der Waals surface area contributed by atoms with Crippen molar-refractivity contribution in [3.05, 3.63) is 47.1 Å². The van der Waals surface area contributed by atoms with Gasteiger partial charge in [0.1, 0.15) is 5.75 Å². The van der Waals surface area contributed by atoms with Crippen LogP contribution in [0.1, 0.15) is 5.56 Å². The summed E-state index contributed by atoms with van der Waals surface area (Å²) in [6, 6.07) is 8.95. The predicted molar refractivity (Wildman–Crippen MR) is 68.3 cm³/mol. The summed E-state index contributed by atoms with van der Waals surface area (Å²) in [5, 5.41) is 0.625. The van der Waals surface area contributed by atoms with Gasteiger partial charge in [0.15, 0.2) is 0 Å². The lowest BCUT2D eigenvalue weighted by atomic mass is 10.2. The molecule has 0 spiro atoms. The monoisotopic (exact) mass is 249 g/mol. The topological polar surface area (TPSA) is 60.2 Å². The van der Waals surface area contributed by atoms with Gasteiger partial charge in [-0.05, 0) is 30.7 Å². The average molecular weight is 250 g/mol. The van der Waals surface area contributed by atoms with E-state index in [9.17, 15) is 0 Å². The molecule has 2 aromatic rings. The third kappa shape index (κ3) is 2.87. The van der Waals surface area contributed by atoms with Gasteiger partial charge in [0.2, 0.25) is 5.88 Å². The summed E-state index contributed by atoms with van der Waals surface area (Å²) in [6.07, 6.45) is 1.62. The van der Waals surface area contributed by atoms with Crippen LogP contribution >= 0.6 is 11.6 Å². The summed E-state index contributed by atoms with van der Waals surface area (Å²) in [7, 11) is 0. The number of pyridine rings is 1. The fraction of sp³-hybridized carbons (Fsp3) is 0.0833. The van der Waals surface area contributed by atoms with E-state index in [1.807, 2.05) is 19.1 Å². The number of nitrogens with one attached hydrogen (secondary N) is 1. The average Bonchev–Trinajstić information content (AvgIpc) is 2.29. The van der Waals surface area contributed by atoms with Crippen LogP contribution in [0.3, 0.4) is 0 Å². The van der Waals surface area contributed by atoms with Gasteiger partial charge in [-0.15, -0.1) is 0 Å². The third-order valence-electron chi connectivity index (χ3n) is 2.26. The Morgan fingerprint density at radius 1 is 1.35 bits per heavy atom. The number of nitrogens with two attached hydrogens (primary N) is 1. The lowest BCUT2D eigenvalue weighted by molar-refractivity contribution is 0.462. The first-order valence-electron chi connectivity index (χ1n) is 5.06. The lowest BCUT2D eigenvalue weighted by Crippen LogP contribution is -2.08. The minimum atomic E-state index is 0.503. The van der Waals surface area contributed by atoms with Crippen molar-refractivity contribution in [1.29, 1.82) is 0 Å². The third-order valence-corrected chi connectivity index (χ3v) is 2.49. The molecule has 0 aliphatic rings. The van der Waals surface area contributed by atoms with E-state index in [0.29, 0.717) is 16.7 Å². The summed E-state index contributed by atoms with van der Waals surface area (Å²) in [4.78, 5) is 4.13. The minimum Gasteiger partial charge on any atom is -0.439 e. The first-order chi connectivity index (χ1) is 8.19. The molecule has 0 unspecified atom stereocenters. The summed E-state index contributed by atoms with van der Waals surface area (Å²) < 4.78 is 5.58. The van der Waals surface area contributed by atoms with Gasteiger partial charge in [-0.25, -0.2) is 4.98 Å². The highest BCUT2D eigenvalue weighted by Crippen LogP contribution is 2.24. The Kier molecular flexibility index (Phi) is 3.46. The van der Waals surface area contributed by atoms with Crippen molar-refractivity contribution in [2.75, 3.05) is 5.43 Å². The summed E-state index contributed by atoms with van der Waals surface area (Å²) >= 11 is 5.86. The maximum atomic E-state index is 5.86. The first kappa shape index (κ1) is 11.7. The number of hydrogen-bond acceptors (Lipinski definition) is 4. The largest absolute Gasteiger partial charge is 0.439 e. The van der Waals surface area contributed by atoms with E-state index in [1.54, 1.807) is 24.4 Å². The zero-order valence-electron chi connectivity index (χ0n) is 9.27. The number of halogens is 1. The number of benzene rings is 1. The Hall–Kier alpha value is -1.78. The van der Waals surface area contributed by atoms with Gasteiger partial charge in [-0.2, -0.15) is 0 Å². The van der Waals surface area contributed by atoms with Crippen LogP contribution in [0.15, 0.2) is 36.5 Å². The van der Waals surface area contributed by atoms with Crippen molar-refractivity contribution in [1.82, 2.24) is 4.98 Å². The molecule has 17 heavy (non-hydrogen) atoms. The number of ether oxygens (including phenoxy) is 1. The Bertz CT molecular complexity index is 531. The summed E-state index contributed by atoms with van der Waals surface area (Å²) in [5.74, 6) is 6.48. The zero-order chi connectivity index (χ0) is 12.3. The zero-order valence-corrected chi connectivity index (χ0v) is 10.0. The normalized spacial score (nSPS) is 10.1. The van der Waals surface area contributed by atoms with E-state index in [1.165, 1.54) is 0 Å². The molecular formula is C12H12ClN3O. The molecule has 0 amide bonds. The molecular weight excluding hydrogens is 238 g/mol. The van der Waals surface area contributed by atoms with Crippen LogP contribution in [0.5, 0.6) is 11.6 Å². The van der Waals surface area contributed by atoms with Gasteiger partial charge in [0.05, 0.1) is 11.9 Å². The van der Waals surface area contributed by atoms with Crippen LogP contribution in [-0.4, -0.2) is 4.98 Å². The number of nitrogen functional groups attached to an aromatic ring is 1. The summed E-state index contributed by atoms with van der Waals surface area (Å²) in [5.41, 5.74) is 4.28. The van der Waals surface area contributed by atoms with Crippen molar-refractivity contribution in [3.8, 4) is 11.6 Å². The molecule has 0 saturated heterocycles. The standard InChI is InChI=1S/C12H12ClN3O/c1-8-5-12(15-7-11(8)16-14)17-10-4-2-3-9(13)6-10/h2-7,16H,14H2,1H3. The van der Waals surface area contributed by atoms with E-state index in [4.69, 9.17) is 22.2 Å². The number of aromatic nitrogens is 1. The van der Waals surface area contributed by atoms with Crippen LogP contribution in [0.2, 0.25) is 5.02 Å². The van der Waals surface area contributed by atoms with Crippen molar-refractivity contribution in [2.45, 2.75) is 6.92 Å². The highest BCUT2D eigenvalue weighted by molar-refractivity contribution is 6.30. The van der Waals surface area contributed by atoms with Gasteiger partial charge in [-0.1, -0.05) is 17.7 Å². The van der Waals surface area contributed by atoms with Gasteiger partial charge in [0, 0.05) is 11.1 Å². The molecule has 0 radical (unpaired) electrons. The fourth-order valence-corrected chi connectivity index (χ4v) is 1.57. The second kappa shape index (κ2) is 5.03. The molecule has 2 rings (SSSR count). The van der Waals surface area contributed by atoms with Crippen LogP contribution in [0.4, 0.5) is 5.69 Å². The van der Waals surface area contributed by atoms with Crippen molar-refractivity contribution < 1.29 is 4.74 Å². The molecule has 0 aliphatic heterocycles. The van der Waals surface area contributed by atoms with E-state index < -0.39 is 0 Å². The van der Waals surface area contributed by atoms with Crippen molar-refractivity contribution in [3.63, 3.8) is 0 Å². The van der Waals surface area contributed by atoms with Crippen molar-refractivity contribution in [2.24, 2.45) is 5.84 Å². The van der Waals surface area contributed by atoms with Gasteiger partial charge < -0.3 is 10.2 Å². The maximum absolute atomic E-state index is 5.86. The molecule has 0 fully saturated rings. The Balaban J connectivity index is 2.22. The number of nitrogens with zero attached hydrogens (tertiary/aromatic N) is 1. The number of hydrazine groups is 1. The highest BCUT2D eigenvalue weighted by atomic mass is 35.5. The maximum Gasteiger partial charge on any atom is 0.219 e. The molecule has 5 heteroatoms. The highest BCUT2D eigenvalue weighted by Gasteiger charge is 2.02. The van der Waals surface area contributed by atoms with Gasteiger partial charge in [0.25, 0.3) is 0 Å². The number of rotatable bonds is 3. The minimum absolute atomic E-state index is 0.503. The van der Waals surface area contributed by atoms with Gasteiger partial charge >= 0.3 is 0 Å².